The number of aryl methyl sites for hydroxylation is 1. The number of hydrogen-bond donors (Lipinski definition) is 3. The molecule has 1 fully saturated rings. The van der Waals surface area contributed by atoms with E-state index in [0.717, 1.165) is 22.6 Å². The molecule has 1 atom stereocenters. The Hall–Kier alpha value is -2.41. The summed E-state index contributed by atoms with van der Waals surface area (Å²) < 4.78 is 0. The number of amides is 4. The number of urea groups is 1. The van der Waals surface area contributed by atoms with E-state index >= 15 is 0 Å². The summed E-state index contributed by atoms with van der Waals surface area (Å²) in [5.41, 5.74) is 1.88. The fourth-order valence-corrected chi connectivity index (χ4v) is 2.54. The van der Waals surface area contributed by atoms with Crippen molar-refractivity contribution in [2.24, 2.45) is 0 Å². The van der Waals surface area contributed by atoms with E-state index in [4.69, 9.17) is 0 Å². The van der Waals surface area contributed by atoms with Crippen LogP contribution in [0.15, 0.2) is 24.3 Å². The second-order valence-corrected chi connectivity index (χ2v) is 5.65. The Balaban J connectivity index is 1.85. The number of anilines is 1. The number of benzene rings is 1. The van der Waals surface area contributed by atoms with Gasteiger partial charge in [0.15, 0.2) is 13.1 Å². The molecule has 7 heteroatoms. The minimum atomic E-state index is -0.357. The van der Waals surface area contributed by atoms with E-state index in [0.29, 0.717) is 13.1 Å². The van der Waals surface area contributed by atoms with Gasteiger partial charge in [0, 0.05) is 18.8 Å². The monoisotopic (exact) mass is 319 g/mol. The Morgan fingerprint density at radius 1 is 1.30 bits per heavy atom. The number of likely N-dealkylation sites (N-methyl/N-ethyl adjacent to an activating group) is 1. The highest BCUT2D eigenvalue weighted by atomic mass is 16.2. The number of rotatable bonds is 6. The van der Waals surface area contributed by atoms with Gasteiger partial charge < -0.3 is 15.5 Å². The van der Waals surface area contributed by atoms with Crippen molar-refractivity contribution in [1.29, 1.82) is 0 Å². The van der Waals surface area contributed by atoms with E-state index in [1.807, 2.05) is 31.2 Å². The summed E-state index contributed by atoms with van der Waals surface area (Å²) >= 11 is 0. The van der Waals surface area contributed by atoms with Gasteiger partial charge in [0.25, 0.3) is 11.8 Å². The minimum Gasteiger partial charge on any atom is -0.336 e. The zero-order chi connectivity index (χ0) is 16.8. The van der Waals surface area contributed by atoms with Gasteiger partial charge in [-0.1, -0.05) is 25.1 Å². The van der Waals surface area contributed by atoms with E-state index < -0.39 is 0 Å². The summed E-state index contributed by atoms with van der Waals surface area (Å²) in [5.74, 6) is -0.415. The summed E-state index contributed by atoms with van der Waals surface area (Å²) in [6.07, 6.45) is 0.835. The van der Waals surface area contributed by atoms with E-state index in [1.165, 1.54) is 4.90 Å². The average Bonchev–Trinajstić information content (AvgIpc) is 2.93. The predicted octanol–water partition coefficient (Wildman–Crippen LogP) is -0.746. The number of carbonyl (C=O) groups excluding carboxylic acids is 3. The van der Waals surface area contributed by atoms with Crippen molar-refractivity contribution in [3.8, 4) is 0 Å². The van der Waals surface area contributed by atoms with Gasteiger partial charge in [-0.2, -0.15) is 0 Å². The second kappa shape index (κ2) is 7.73. The summed E-state index contributed by atoms with van der Waals surface area (Å²) in [4.78, 5) is 37.5. The first-order chi connectivity index (χ1) is 11.0. The van der Waals surface area contributed by atoms with Gasteiger partial charge in [-0.25, -0.2) is 4.79 Å². The van der Waals surface area contributed by atoms with Gasteiger partial charge in [-0.3, -0.25) is 14.5 Å². The first kappa shape index (κ1) is 17.0. The number of nitrogens with zero attached hydrogens (tertiary/aromatic N) is 1. The van der Waals surface area contributed by atoms with Crippen LogP contribution in [0.5, 0.6) is 0 Å². The topological polar surface area (TPSA) is 82.9 Å². The largest absolute Gasteiger partial charge is 0.336 e. The molecule has 0 aliphatic carbocycles. The third-order valence-electron chi connectivity index (χ3n) is 3.75. The molecule has 0 aromatic heterocycles. The molecule has 1 saturated heterocycles. The number of imide groups is 1. The molecule has 4 amide bonds. The molecule has 124 valence electrons. The van der Waals surface area contributed by atoms with Crippen LogP contribution in [0.1, 0.15) is 12.5 Å². The zero-order valence-corrected chi connectivity index (χ0v) is 13.5. The van der Waals surface area contributed by atoms with Crippen LogP contribution >= 0.6 is 0 Å². The predicted molar refractivity (Wildman–Crippen MR) is 86.2 cm³/mol. The molecular formula is C16H23N4O3+. The lowest BCUT2D eigenvalue weighted by molar-refractivity contribution is -0.862. The van der Waals surface area contributed by atoms with Crippen molar-refractivity contribution < 1.29 is 19.3 Å². The van der Waals surface area contributed by atoms with Crippen molar-refractivity contribution in [2.45, 2.75) is 13.3 Å². The first-order valence-corrected chi connectivity index (χ1v) is 7.78. The van der Waals surface area contributed by atoms with Crippen LogP contribution in [0.2, 0.25) is 0 Å². The fraction of sp³-hybridized carbons (Fsp3) is 0.438. The van der Waals surface area contributed by atoms with E-state index in [9.17, 15) is 14.4 Å². The highest BCUT2D eigenvalue weighted by Crippen LogP contribution is 2.14. The number of quaternary nitrogens is 1. The third-order valence-corrected chi connectivity index (χ3v) is 3.75. The molecule has 0 saturated carbocycles. The Morgan fingerprint density at radius 2 is 2.04 bits per heavy atom. The summed E-state index contributed by atoms with van der Waals surface area (Å²) in [6, 6.07) is 7.30. The molecule has 1 heterocycles. The van der Waals surface area contributed by atoms with Gasteiger partial charge in [0.05, 0.1) is 7.05 Å². The average molecular weight is 319 g/mol. The van der Waals surface area contributed by atoms with Crippen LogP contribution in [0, 0.1) is 0 Å². The van der Waals surface area contributed by atoms with Crippen molar-refractivity contribution in [2.75, 3.05) is 38.5 Å². The number of hydrogen-bond acceptors (Lipinski definition) is 3. The lowest BCUT2D eigenvalue weighted by atomic mass is 10.1. The normalized spacial score (nSPS) is 15.2. The quantitative estimate of drug-likeness (QED) is 0.645. The summed E-state index contributed by atoms with van der Waals surface area (Å²) in [6.45, 7) is 3.18. The number of carbonyl (C=O) groups is 3. The molecule has 0 bridgehead atoms. The van der Waals surface area contributed by atoms with Gasteiger partial charge in [-0.05, 0) is 18.1 Å². The maximum absolute atomic E-state index is 12.1. The first-order valence-electron chi connectivity index (χ1n) is 7.78. The number of nitrogens with one attached hydrogen (secondary N) is 3. The molecular weight excluding hydrogens is 296 g/mol. The molecule has 1 unspecified atom stereocenters. The van der Waals surface area contributed by atoms with E-state index in [-0.39, 0.29) is 30.9 Å². The van der Waals surface area contributed by atoms with Crippen molar-refractivity contribution in [1.82, 2.24) is 10.2 Å². The van der Waals surface area contributed by atoms with Crippen LogP contribution in [0.4, 0.5) is 10.5 Å². The molecule has 1 aromatic rings. The summed E-state index contributed by atoms with van der Waals surface area (Å²) in [5, 5.41) is 5.47. The lowest BCUT2D eigenvalue weighted by Crippen LogP contribution is -3.11. The molecule has 0 radical (unpaired) electrons. The Bertz CT molecular complexity index is 603. The van der Waals surface area contributed by atoms with Crippen LogP contribution in [0.3, 0.4) is 0 Å². The Kier molecular flexibility index (Phi) is 5.70. The van der Waals surface area contributed by atoms with Crippen molar-refractivity contribution in [3.05, 3.63) is 29.8 Å². The molecule has 1 aliphatic rings. The lowest BCUT2D eigenvalue weighted by Gasteiger charge is -2.17. The SMILES string of the molecule is CCc1ccccc1NC(=O)C[NH+](C)CC(=O)N1CCNC1=O. The highest BCUT2D eigenvalue weighted by molar-refractivity contribution is 5.96. The number of para-hydroxylation sites is 1. The van der Waals surface area contributed by atoms with Crippen LogP contribution in [0.25, 0.3) is 0 Å². The Morgan fingerprint density at radius 3 is 2.70 bits per heavy atom. The maximum atomic E-state index is 12.1. The van der Waals surface area contributed by atoms with Gasteiger partial charge in [0.1, 0.15) is 0 Å². The van der Waals surface area contributed by atoms with Crippen LogP contribution in [-0.4, -0.2) is 56.0 Å². The highest BCUT2D eigenvalue weighted by Gasteiger charge is 2.28. The van der Waals surface area contributed by atoms with Crippen molar-refractivity contribution >= 4 is 23.5 Å². The molecule has 3 N–H and O–H groups in total. The van der Waals surface area contributed by atoms with E-state index in [2.05, 4.69) is 10.6 Å². The smallest absolute Gasteiger partial charge is 0.324 e. The molecule has 7 nitrogen and oxygen atoms in total. The van der Waals surface area contributed by atoms with Gasteiger partial charge in [-0.15, -0.1) is 0 Å². The van der Waals surface area contributed by atoms with Crippen molar-refractivity contribution in [3.63, 3.8) is 0 Å². The molecule has 23 heavy (non-hydrogen) atoms. The second-order valence-electron chi connectivity index (χ2n) is 5.65. The zero-order valence-electron chi connectivity index (χ0n) is 13.5. The van der Waals surface area contributed by atoms with Gasteiger partial charge in [0.2, 0.25) is 0 Å². The molecule has 1 aromatic carbocycles. The fourth-order valence-electron chi connectivity index (χ4n) is 2.54. The molecule has 2 rings (SSSR count). The van der Waals surface area contributed by atoms with E-state index in [1.54, 1.807) is 7.05 Å². The minimum absolute atomic E-state index is 0.107. The van der Waals surface area contributed by atoms with Crippen LogP contribution < -0.4 is 15.5 Å². The van der Waals surface area contributed by atoms with Gasteiger partial charge >= 0.3 is 6.03 Å². The summed E-state index contributed by atoms with van der Waals surface area (Å²) in [7, 11) is 1.76. The molecule has 0 spiro atoms. The van der Waals surface area contributed by atoms with Crippen LogP contribution in [-0.2, 0) is 16.0 Å². The third kappa shape index (κ3) is 4.53. The standard InChI is InChI=1S/C16H22N4O3/c1-3-12-6-4-5-7-13(12)18-14(21)10-19(2)11-15(22)20-9-8-17-16(20)23/h4-7H,3,8-11H2,1-2H3,(H,17,23)(H,18,21)/p+1. The Labute approximate surface area is 135 Å². The maximum Gasteiger partial charge on any atom is 0.324 e. The molecule has 1 aliphatic heterocycles.